The Hall–Kier alpha value is -1.52. The number of esters is 1. The fraction of sp³-hybridized carbons (Fsp3) is 0.250. The molecular formula is C12H12ClNO3. The third-order valence-corrected chi connectivity index (χ3v) is 2.75. The molecule has 0 spiro atoms. The Kier molecular flexibility index (Phi) is 3.36. The van der Waals surface area contributed by atoms with E-state index < -0.39 is 11.5 Å². The first-order valence-corrected chi connectivity index (χ1v) is 5.60. The van der Waals surface area contributed by atoms with Gasteiger partial charge in [-0.25, -0.2) is 4.79 Å². The standard InChI is InChI=1S/C12H12ClNO3/c1-2-16-11(15)12(7-8-17-14-12)9-3-5-10(13)6-4-9/h3-8,14H,2H2,1H3. The van der Waals surface area contributed by atoms with Crippen LogP contribution in [-0.4, -0.2) is 12.6 Å². The third kappa shape index (κ3) is 2.14. The zero-order valence-electron chi connectivity index (χ0n) is 9.27. The Morgan fingerprint density at radius 2 is 2.18 bits per heavy atom. The molecule has 1 heterocycles. The highest BCUT2D eigenvalue weighted by Crippen LogP contribution is 2.29. The number of nitrogens with one attached hydrogen (secondary N) is 1. The first kappa shape index (κ1) is 12.0. The number of benzene rings is 1. The molecule has 90 valence electrons. The van der Waals surface area contributed by atoms with Crippen molar-refractivity contribution >= 4 is 17.6 Å². The maximum Gasteiger partial charge on any atom is 0.338 e. The highest BCUT2D eigenvalue weighted by atomic mass is 35.5. The van der Waals surface area contributed by atoms with Crippen molar-refractivity contribution < 1.29 is 14.4 Å². The molecule has 0 radical (unpaired) electrons. The molecule has 0 amide bonds. The van der Waals surface area contributed by atoms with Crippen molar-refractivity contribution in [2.75, 3.05) is 6.61 Å². The van der Waals surface area contributed by atoms with Crippen molar-refractivity contribution in [1.29, 1.82) is 0 Å². The molecule has 0 aliphatic carbocycles. The lowest BCUT2D eigenvalue weighted by Gasteiger charge is -2.24. The normalized spacial score (nSPS) is 22.2. The number of halogens is 1. The molecule has 1 aliphatic heterocycles. The Morgan fingerprint density at radius 1 is 1.47 bits per heavy atom. The lowest BCUT2D eigenvalue weighted by molar-refractivity contribution is -0.152. The van der Waals surface area contributed by atoms with Crippen LogP contribution in [0.25, 0.3) is 0 Å². The SMILES string of the molecule is CCOC(=O)C1(c2ccc(Cl)cc2)C=CON1. The minimum Gasteiger partial charge on any atom is -0.464 e. The zero-order valence-corrected chi connectivity index (χ0v) is 10.0. The molecule has 1 aliphatic rings. The molecule has 1 aromatic carbocycles. The van der Waals surface area contributed by atoms with Crippen LogP contribution in [0.2, 0.25) is 5.02 Å². The van der Waals surface area contributed by atoms with Gasteiger partial charge in [-0.3, -0.25) is 0 Å². The summed E-state index contributed by atoms with van der Waals surface area (Å²) in [5.74, 6) is -0.406. The predicted octanol–water partition coefficient (Wildman–Crippen LogP) is 2.15. The van der Waals surface area contributed by atoms with Gasteiger partial charge in [-0.2, -0.15) is 0 Å². The molecule has 17 heavy (non-hydrogen) atoms. The maximum atomic E-state index is 12.0. The van der Waals surface area contributed by atoms with Gasteiger partial charge in [0.15, 0.2) is 5.54 Å². The van der Waals surface area contributed by atoms with E-state index in [0.29, 0.717) is 17.2 Å². The number of carbonyl (C=O) groups excluding carboxylic acids is 1. The number of carbonyl (C=O) groups is 1. The van der Waals surface area contributed by atoms with Gasteiger partial charge in [-0.1, -0.05) is 23.7 Å². The molecular weight excluding hydrogens is 242 g/mol. The number of hydrogen-bond acceptors (Lipinski definition) is 4. The molecule has 1 atom stereocenters. The molecule has 4 nitrogen and oxygen atoms in total. The van der Waals surface area contributed by atoms with Gasteiger partial charge in [0.05, 0.1) is 6.61 Å². The minimum absolute atomic E-state index is 0.309. The Labute approximate surface area is 104 Å². The van der Waals surface area contributed by atoms with E-state index in [4.69, 9.17) is 21.2 Å². The lowest BCUT2D eigenvalue weighted by atomic mass is 9.91. The fourth-order valence-corrected chi connectivity index (χ4v) is 1.76. The first-order valence-electron chi connectivity index (χ1n) is 5.23. The van der Waals surface area contributed by atoms with Gasteiger partial charge in [0.1, 0.15) is 6.26 Å². The van der Waals surface area contributed by atoms with Crippen LogP contribution in [0.4, 0.5) is 0 Å². The van der Waals surface area contributed by atoms with Crippen LogP contribution >= 0.6 is 11.6 Å². The first-order chi connectivity index (χ1) is 8.19. The smallest absolute Gasteiger partial charge is 0.338 e. The minimum atomic E-state index is -1.08. The monoisotopic (exact) mass is 253 g/mol. The van der Waals surface area contributed by atoms with Gasteiger partial charge < -0.3 is 9.57 Å². The summed E-state index contributed by atoms with van der Waals surface area (Å²) in [5.41, 5.74) is 2.30. The van der Waals surface area contributed by atoms with Crippen LogP contribution in [0.15, 0.2) is 36.6 Å². The Morgan fingerprint density at radius 3 is 2.71 bits per heavy atom. The summed E-state index contributed by atoms with van der Waals surface area (Å²) in [6, 6.07) is 6.94. The summed E-state index contributed by atoms with van der Waals surface area (Å²) in [6.07, 6.45) is 3.04. The van der Waals surface area contributed by atoms with Crippen molar-refractivity contribution in [1.82, 2.24) is 5.48 Å². The van der Waals surface area contributed by atoms with Gasteiger partial charge in [0, 0.05) is 5.02 Å². The maximum absolute atomic E-state index is 12.0. The number of hydrogen-bond donors (Lipinski definition) is 1. The molecule has 1 aromatic rings. The highest BCUT2D eigenvalue weighted by Gasteiger charge is 2.43. The largest absolute Gasteiger partial charge is 0.464 e. The summed E-state index contributed by atoms with van der Waals surface area (Å²) < 4.78 is 5.05. The molecule has 0 saturated carbocycles. The Balaban J connectivity index is 2.38. The topological polar surface area (TPSA) is 47.6 Å². The van der Waals surface area contributed by atoms with Crippen LogP contribution in [0.3, 0.4) is 0 Å². The van der Waals surface area contributed by atoms with Crippen LogP contribution < -0.4 is 5.48 Å². The van der Waals surface area contributed by atoms with E-state index in [2.05, 4.69) is 5.48 Å². The van der Waals surface area contributed by atoms with Crippen LogP contribution in [0.5, 0.6) is 0 Å². The van der Waals surface area contributed by atoms with Gasteiger partial charge in [0.25, 0.3) is 0 Å². The molecule has 0 aromatic heterocycles. The average Bonchev–Trinajstić information content (AvgIpc) is 2.81. The van der Waals surface area contributed by atoms with E-state index in [1.807, 2.05) is 0 Å². The summed E-state index contributed by atoms with van der Waals surface area (Å²) in [5, 5.41) is 0.607. The average molecular weight is 254 g/mol. The molecule has 5 heteroatoms. The zero-order chi connectivity index (χ0) is 12.3. The molecule has 0 bridgehead atoms. The second kappa shape index (κ2) is 4.77. The fourth-order valence-electron chi connectivity index (χ4n) is 1.64. The summed E-state index contributed by atoms with van der Waals surface area (Å²) in [6.45, 7) is 2.07. The van der Waals surface area contributed by atoms with E-state index in [1.165, 1.54) is 6.26 Å². The van der Waals surface area contributed by atoms with Crippen molar-refractivity contribution in [2.24, 2.45) is 0 Å². The van der Waals surface area contributed by atoms with Gasteiger partial charge in [-0.05, 0) is 30.7 Å². The molecule has 2 rings (SSSR count). The second-order valence-corrected chi connectivity index (χ2v) is 3.99. The third-order valence-electron chi connectivity index (χ3n) is 2.50. The molecule has 1 unspecified atom stereocenters. The van der Waals surface area contributed by atoms with Crippen molar-refractivity contribution in [2.45, 2.75) is 12.5 Å². The predicted molar refractivity (Wildman–Crippen MR) is 63.1 cm³/mol. The van der Waals surface area contributed by atoms with Gasteiger partial charge in [-0.15, -0.1) is 5.48 Å². The molecule has 1 N–H and O–H groups in total. The van der Waals surface area contributed by atoms with Gasteiger partial charge >= 0.3 is 5.97 Å². The van der Waals surface area contributed by atoms with Crippen molar-refractivity contribution in [3.63, 3.8) is 0 Å². The number of hydroxylamine groups is 1. The highest BCUT2D eigenvalue weighted by molar-refractivity contribution is 6.30. The quantitative estimate of drug-likeness (QED) is 0.839. The van der Waals surface area contributed by atoms with Gasteiger partial charge in [0.2, 0.25) is 0 Å². The lowest BCUT2D eigenvalue weighted by Crippen LogP contribution is -2.45. The second-order valence-electron chi connectivity index (χ2n) is 3.56. The summed E-state index contributed by atoms with van der Waals surface area (Å²) in [7, 11) is 0. The van der Waals surface area contributed by atoms with E-state index in [9.17, 15) is 4.79 Å². The van der Waals surface area contributed by atoms with Crippen LogP contribution in [0, 0.1) is 0 Å². The van der Waals surface area contributed by atoms with E-state index in [1.54, 1.807) is 37.3 Å². The van der Waals surface area contributed by atoms with E-state index >= 15 is 0 Å². The number of rotatable bonds is 3. The molecule has 0 fully saturated rings. The van der Waals surface area contributed by atoms with Crippen LogP contribution in [0.1, 0.15) is 12.5 Å². The van der Waals surface area contributed by atoms with Crippen LogP contribution in [-0.2, 0) is 19.9 Å². The van der Waals surface area contributed by atoms with E-state index in [0.717, 1.165) is 0 Å². The number of ether oxygens (including phenoxy) is 1. The summed E-state index contributed by atoms with van der Waals surface area (Å²) in [4.78, 5) is 17.0. The Bertz CT molecular complexity index is 444. The van der Waals surface area contributed by atoms with Crippen molar-refractivity contribution in [3.8, 4) is 0 Å². The summed E-state index contributed by atoms with van der Waals surface area (Å²) >= 11 is 5.82. The van der Waals surface area contributed by atoms with Crippen molar-refractivity contribution in [3.05, 3.63) is 47.2 Å². The molecule has 0 saturated heterocycles. The van der Waals surface area contributed by atoms with E-state index in [-0.39, 0.29) is 0 Å².